The van der Waals surface area contributed by atoms with Crippen molar-refractivity contribution < 1.29 is 4.79 Å². The van der Waals surface area contributed by atoms with Gasteiger partial charge in [-0.05, 0) is 12.1 Å². The van der Waals surface area contributed by atoms with Gasteiger partial charge in [0.1, 0.15) is 14.1 Å². The van der Waals surface area contributed by atoms with Crippen LogP contribution >= 0.6 is 11.6 Å². The smallest absolute Gasteiger partial charge is 0.149 e. The SMILES string of the molecule is [B]c1cc(Cl)ccc1C=O. The molecule has 0 aromatic heterocycles. The van der Waals surface area contributed by atoms with Gasteiger partial charge in [0, 0.05) is 10.6 Å². The summed E-state index contributed by atoms with van der Waals surface area (Å²) >= 11 is 5.58. The van der Waals surface area contributed by atoms with Crippen LogP contribution in [0.3, 0.4) is 0 Å². The maximum absolute atomic E-state index is 10.2. The van der Waals surface area contributed by atoms with Crippen LogP contribution in [-0.2, 0) is 0 Å². The van der Waals surface area contributed by atoms with E-state index < -0.39 is 0 Å². The van der Waals surface area contributed by atoms with Crippen molar-refractivity contribution in [3.05, 3.63) is 28.8 Å². The predicted octanol–water partition coefficient (Wildman–Crippen LogP) is 0.946. The number of hydrogen-bond acceptors (Lipinski definition) is 1. The Bertz CT molecular complexity index is 260. The van der Waals surface area contributed by atoms with Crippen LogP contribution in [0.25, 0.3) is 0 Å². The fourth-order valence-corrected chi connectivity index (χ4v) is 0.833. The first-order chi connectivity index (χ1) is 4.74. The third-order valence-electron chi connectivity index (χ3n) is 1.18. The molecule has 0 unspecified atom stereocenters. The predicted molar refractivity (Wildman–Crippen MR) is 42.2 cm³/mol. The molecule has 0 fully saturated rings. The summed E-state index contributed by atoms with van der Waals surface area (Å²) in [5, 5.41) is 0.545. The topological polar surface area (TPSA) is 17.1 Å². The second-order valence-corrected chi connectivity index (χ2v) is 2.33. The molecule has 1 aromatic rings. The van der Waals surface area contributed by atoms with E-state index in [0.29, 0.717) is 22.3 Å². The number of benzene rings is 1. The number of aldehydes is 1. The molecule has 0 atom stereocenters. The molecule has 3 heteroatoms. The normalized spacial score (nSPS) is 9.30. The van der Waals surface area contributed by atoms with Crippen molar-refractivity contribution >= 4 is 31.2 Å². The summed E-state index contributed by atoms with van der Waals surface area (Å²) in [4.78, 5) is 10.2. The van der Waals surface area contributed by atoms with E-state index in [1.165, 1.54) is 0 Å². The zero-order valence-electron chi connectivity index (χ0n) is 5.17. The van der Waals surface area contributed by atoms with Gasteiger partial charge in [0.2, 0.25) is 0 Å². The molecule has 0 amide bonds. The van der Waals surface area contributed by atoms with E-state index in [-0.39, 0.29) is 0 Å². The van der Waals surface area contributed by atoms with Gasteiger partial charge in [0.15, 0.2) is 0 Å². The third kappa shape index (κ3) is 1.39. The van der Waals surface area contributed by atoms with Gasteiger partial charge < -0.3 is 0 Å². The Labute approximate surface area is 65.4 Å². The molecule has 0 spiro atoms. The van der Waals surface area contributed by atoms with Crippen LogP contribution in [0.15, 0.2) is 18.2 Å². The maximum atomic E-state index is 10.2. The van der Waals surface area contributed by atoms with Crippen molar-refractivity contribution in [2.75, 3.05) is 0 Å². The van der Waals surface area contributed by atoms with Gasteiger partial charge in [-0.2, -0.15) is 0 Å². The van der Waals surface area contributed by atoms with Crippen molar-refractivity contribution in [3.8, 4) is 0 Å². The fraction of sp³-hybridized carbons (Fsp3) is 0. The van der Waals surface area contributed by atoms with E-state index in [1.54, 1.807) is 18.2 Å². The second-order valence-electron chi connectivity index (χ2n) is 1.89. The van der Waals surface area contributed by atoms with Crippen molar-refractivity contribution in [3.63, 3.8) is 0 Å². The van der Waals surface area contributed by atoms with Crippen molar-refractivity contribution in [2.45, 2.75) is 0 Å². The molecule has 1 rings (SSSR count). The van der Waals surface area contributed by atoms with Gasteiger partial charge in [-0.3, -0.25) is 4.79 Å². The number of halogens is 1. The Morgan fingerprint density at radius 2 is 2.20 bits per heavy atom. The monoisotopic (exact) mass is 150 g/mol. The van der Waals surface area contributed by atoms with Crippen LogP contribution in [0.4, 0.5) is 0 Å². The highest BCUT2D eigenvalue weighted by atomic mass is 35.5. The minimum Gasteiger partial charge on any atom is -0.298 e. The molecule has 48 valence electrons. The Morgan fingerprint density at radius 3 is 2.70 bits per heavy atom. The molecular formula is C7H4BClO. The average Bonchev–Trinajstić information content (AvgIpc) is 1.88. The van der Waals surface area contributed by atoms with Crippen LogP contribution in [0.1, 0.15) is 10.4 Å². The van der Waals surface area contributed by atoms with Gasteiger partial charge >= 0.3 is 0 Å². The molecule has 2 radical (unpaired) electrons. The highest BCUT2D eigenvalue weighted by molar-refractivity contribution is 6.38. The van der Waals surface area contributed by atoms with Crippen molar-refractivity contribution in [1.29, 1.82) is 0 Å². The lowest BCUT2D eigenvalue weighted by molar-refractivity contribution is 0.112. The zero-order chi connectivity index (χ0) is 7.56. The van der Waals surface area contributed by atoms with Crippen molar-refractivity contribution in [2.24, 2.45) is 0 Å². The molecule has 1 aromatic carbocycles. The molecule has 0 heterocycles. The van der Waals surface area contributed by atoms with Gasteiger partial charge in [-0.15, -0.1) is 0 Å². The molecule has 0 bridgehead atoms. The Kier molecular flexibility index (Phi) is 2.12. The highest BCUT2D eigenvalue weighted by Gasteiger charge is 1.94. The van der Waals surface area contributed by atoms with E-state index in [2.05, 4.69) is 0 Å². The molecule has 1 nitrogen and oxygen atoms in total. The van der Waals surface area contributed by atoms with E-state index in [9.17, 15) is 4.79 Å². The minimum atomic E-state index is 0.419. The Hall–Kier alpha value is -0.755. The van der Waals surface area contributed by atoms with E-state index in [0.717, 1.165) is 0 Å². The van der Waals surface area contributed by atoms with Gasteiger partial charge in [-0.25, -0.2) is 0 Å². The Morgan fingerprint density at radius 1 is 1.50 bits per heavy atom. The summed E-state index contributed by atoms with van der Waals surface area (Å²) in [6.07, 6.45) is 0.700. The maximum Gasteiger partial charge on any atom is 0.149 e. The van der Waals surface area contributed by atoms with E-state index in [4.69, 9.17) is 19.4 Å². The molecule has 0 saturated carbocycles. The van der Waals surface area contributed by atoms with E-state index in [1.807, 2.05) is 0 Å². The number of carbonyl (C=O) groups is 1. The lowest BCUT2D eigenvalue weighted by atomic mass is 9.91. The number of rotatable bonds is 1. The quantitative estimate of drug-likeness (QED) is 0.430. The zero-order valence-corrected chi connectivity index (χ0v) is 5.93. The summed E-state index contributed by atoms with van der Waals surface area (Å²) in [5.41, 5.74) is 0.895. The first kappa shape index (κ1) is 7.35. The molecular weight excluding hydrogens is 146 g/mol. The first-order valence-electron chi connectivity index (χ1n) is 2.74. The standard InChI is InChI=1S/C7H4BClO/c8-7-3-6(9)2-1-5(7)4-10/h1-4H. The molecule has 0 aliphatic heterocycles. The summed E-state index contributed by atoms with van der Waals surface area (Å²) in [6.45, 7) is 0. The van der Waals surface area contributed by atoms with Crippen LogP contribution in [0.5, 0.6) is 0 Å². The fourth-order valence-electron chi connectivity index (χ4n) is 0.653. The van der Waals surface area contributed by atoms with Crippen LogP contribution < -0.4 is 5.46 Å². The molecule has 0 saturated heterocycles. The number of carbonyl (C=O) groups excluding carboxylic acids is 1. The summed E-state index contributed by atoms with van der Waals surface area (Å²) in [6, 6.07) is 4.76. The molecule has 0 N–H and O–H groups in total. The van der Waals surface area contributed by atoms with Gasteiger partial charge in [-0.1, -0.05) is 23.1 Å². The summed E-state index contributed by atoms with van der Waals surface area (Å²) < 4.78 is 0. The van der Waals surface area contributed by atoms with Crippen LogP contribution in [-0.4, -0.2) is 14.1 Å². The highest BCUT2D eigenvalue weighted by Crippen LogP contribution is 2.05. The van der Waals surface area contributed by atoms with Crippen LogP contribution in [0.2, 0.25) is 5.02 Å². The Balaban J connectivity index is 3.19. The minimum absolute atomic E-state index is 0.419. The van der Waals surface area contributed by atoms with E-state index >= 15 is 0 Å². The second kappa shape index (κ2) is 2.89. The average molecular weight is 150 g/mol. The van der Waals surface area contributed by atoms with Gasteiger partial charge in [0.05, 0.1) is 0 Å². The molecule has 10 heavy (non-hydrogen) atoms. The van der Waals surface area contributed by atoms with Crippen LogP contribution in [0, 0.1) is 0 Å². The third-order valence-corrected chi connectivity index (χ3v) is 1.41. The summed E-state index contributed by atoms with van der Waals surface area (Å²) in [5.74, 6) is 0. The summed E-state index contributed by atoms with van der Waals surface area (Å²) in [7, 11) is 5.42. The first-order valence-corrected chi connectivity index (χ1v) is 3.12. The number of hydrogen-bond donors (Lipinski definition) is 0. The lowest BCUT2D eigenvalue weighted by Gasteiger charge is -1.96. The molecule has 0 aliphatic rings. The largest absolute Gasteiger partial charge is 0.298 e. The molecule has 0 aliphatic carbocycles. The van der Waals surface area contributed by atoms with Crippen molar-refractivity contribution in [1.82, 2.24) is 0 Å². The lowest BCUT2D eigenvalue weighted by Crippen LogP contribution is -2.08. The van der Waals surface area contributed by atoms with Gasteiger partial charge in [0.25, 0.3) is 0 Å².